The first-order valence-electron chi connectivity index (χ1n) is 7.12. The van der Waals surface area contributed by atoms with Crippen LogP contribution in [0, 0.1) is 0 Å². The number of ether oxygens (including phenoxy) is 1. The van der Waals surface area contributed by atoms with Crippen molar-refractivity contribution in [2.45, 2.75) is 6.61 Å². The number of benzene rings is 2. The van der Waals surface area contributed by atoms with Gasteiger partial charge in [0.2, 0.25) is 0 Å². The van der Waals surface area contributed by atoms with E-state index in [0.717, 1.165) is 24.5 Å². The van der Waals surface area contributed by atoms with Crippen LogP contribution in [-0.4, -0.2) is 11.9 Å². The summed E-state index contributed by atoms with van der Waals surface area (Å²) in [6, 6.07) is 11.0. The fraction of sp³-hybridized carbons (Fsp3) is 0.0588. The summed E-state index contributed by atoms with van der Waals surface area (Å²) >= 11 is 10.4. The number of halogens is 3. The van der Waals surface area contributed by atoms with E-state index in [0.29, 0.717) is 12.4 Å². The lowest BCUT2D eigenvalue weighted by atomic mass is 10.2. The molecule has 5 nitrogen and oxygen atoms in total. The summed E-state index contributed by atoms with van der Waals surface area (Å²) in [4.78, 5) is 22.8. The van der Waals surface area contributed by atoms with Crippen LogP contribution in [-0.2, 0) is 11.4 Å². The van der Waals surface area contributed by atoms with Crippen LogP contribution in [0.15, 0.2) is 55.5 Å². The van der Waals surface area contributed by atoms with Gasteiger partial charge >= 0.3 is 6.03 Å². The maximum atomic E-state index is 11.6. The van der Waals surface area contributed by atoms with Gasteiger partial charge in [-0.25, -0.2) is 4.79 Å². The van der Waals surface area contributed by atoms with Gasteiger partial charge in [-0.2, -0.15) is 0 Å². The fourth-order valence-electron chi connectivity index (χ4n) is 2.19. The third-order valence-corrected chi connectivity index (χ3v) is 5.05. The van der Waals surface area contributed by atoms with Gasteiger partial charge in [-0.1, -0.05) is 28.1 Å². The Morgan fingerprint density at radius 2 is 1.60 bits per heavy atom. The highest BCUT2D eigenvalue weighted by Crippen LogP contribution is 2.36. The molecule has 1 fully saturated rings. The van der Waals surface area contributed by atoms with Crippen LogP contribution in [0.2, 0.25) is 0 Å². The molecule has 0 atom stereocenters. The maximum absolute atomic E-state index is 11.6. The van der Waals surface area contributed by atoms with Crippen LogP contribution in [0.5, 0.6) is 5.75 Å². The Morgan fingerprint density at radius 3 is 2.16 bits per heavy atom. The molecular formula is C17H11Br3N2O3. The Labute approximate surface area is 169 Å². The Kier molecular flexibility index (Phi) is 5.61. The van der Waals surface area contributed by atoms with Crippen molar-refractivity contribution in [2.75, 3.05) is 0 Å². The van der Waals surface area contributed by atoms with E-state index in [2.05, 4.69) is 58.4 Å². The number of nitrogens with one attached hydrogen (secondary N) is 2. The van der Waals surface area contributed by atoms with E-state index < -0.39 is 11.9 Å². The number of carbonyl (C=O) groups is 2. The van der Waals surface area contributed by atoms with Crippen molar-refractivity contribution in [3.63, 3.8) is 0 Å². The smallest absolute Gasteiger partial charge is 0.326 e. The van der Waals surface area contributed by atoms with Crippen molar-refractivity contribution >= 4 is 65.8 Å². The highest BCUT2D eigenvalue weighted by atomic mass is 79.9. The summed E-state index contributed by atoms with van der Waals surface area (Å²) in [6.07, 6.45) is 1.59. The Hall–Kier alpha value is -1.64. The summed E-state index contributed by atoms with van der Waals surface area (Å²) in [5.74, 6) is 0.206. The molecule has 8 heteroatoms. The summed E-state index contributed by atoms with van der Waals surface area (Å²) in [6.45, 7) is 0.420. The predicted octanol–water partition coefficient (Wildman–Crippen LogP) is 4.73. The monoisotopic (exact) mass is 528 g/mol. The first-order chi connectivity index (χ1) is 11.9. The van der Waals surface area contributed by atoms with E-state index >= 15 is 0 Å². The first kappa shape index (κ1) is 18.2. The second-order valence-electron chi connectivity index (χ2n) is 5.20. The zero-order valence-corrected chi connectivity index (χ0v) is 17.4. The van der Waals surface area contributed by atoms with Gasteiger partial charge in [0.15, 0.2) is 0 Å². The van der Waals surface area contributed by atoms with Crippen LogP contribution >= 0.6 is 47.8 Å². The summed E-state index contributed by atoms with van der Waals surface area (Å²) in [7, 11) is 0. The third-order valence-electron chi connectivity index (χ3n) is 3.35. The van der Waals surface area contributed by atoms with Gasteiger partial charge in [0.05, 0.1) is 8.95 Å². The van der Waals surface area contributed by atoms with Crippen LogP contribution in [0.3, 0.4) is 0 Å². The van der Waals surface area contributed by atoms with Gasteiger partial charge in [0.25, 0.3) is 5.91 Å². The molecule has 2 aromatic rings. The van der Waals surface area contributed by atoms with E-state index in [1.54, 1.807) is 6.08 Å². The maximum Gasteiger partial charge on any atom is 0.326 e. The van der Waals surface area contributed by atoms with Gasteiger partial charge in [-0.15, -0.1) is 0 Å². The first-order valence-corrected chi connectivity index (χ1v) is 9.50. The number of rotatable bonds is 4. The van der Waals surface area contributed by atoms with Gasteiger partial charge in [-0.3, -0.25) is 10.1 Å². The van der Waals surface area contributed by atoms with Crippen molar-refractivity contribution in [3.05, 3.63) is 66.6 Å². The van der Waals surface area contributed by atoms with E-state index in [4.69, 9.17) is 4.74 Å². The molecule has 1 aliphatic rings. The molecule has 0 unspecified atom stereocenters. The van der Waals surface area contributed by atoms with Gasteiger partial charge in [-0.05, 0) is 73.3 Å². The molecule has 1 heterocycles. The number of amides is 3. The van der Waals surface area contributed by atoms with Crippen molar-refractivity contribution in [1.82, 2.24) is 10.6 Å². The molecular weight excluding hydrogens is 520 g/mol. The second-order valence-corrected chi connectivity index (χ2v) is 7.82. The van der Waals surface area contributed by atoms with Crippen molar-refractivity contribution in [2.24, 2.45) is 0 Å². The standard InChI is InChI=1S/C17H11Br3N2O3/c18-11-3-1-9(2-4-11)8-25-15-12(19)5-10(6-13(15)20)7-14-16(23)22-17(24)21-14/h1-7H,8H2,(H2,21,22,23,24)/b14-7+. The minimum atomic E-state index is -0.524. The van der Waals surface area contributed by atoms with Gasteiger partial charge in [0.1, 0.15) is 18.1 Å². The van der Waals surface area contributed by atoms with Crippen molar-refractivity contribution < 1.29 is 14.3 Å². The lowest BCUT2D eigenvalue weighted by Crippen LogP contribution is -2.22. The molecule has 128 valence electrons. The predicted molar refractivity (Wildman–Crippen MR) is 105 cm³/mol. The molecule has 0 aliphatic carbocycles. The molecule has 2 aromatic carbocycles. The number of urea groups is 1. The SMILES string of the molecule is O=C1NC(=O)/C(=C\c2cc(Br)c(OCc3ccc(Br)cc3)c(Br)c2)N1. The van der Waals surface area contributed by atoms with E-state index in [9.17, 15) is 9.59 Å². The lowest BCUT2D eigenvalue weighted by molar-refractivity contribution is -0.115. The highest BCUT2D eigenvalue weighted by molar-refractivity contribution is 9.11. The van der Waals surface area contributed by atoms with Crippen molar-refractivity contribution in [1.29, 1.82) is 0 Å². The Morgan fingerprint density at radius 1 is 0.960 bits per heavy atom. The number of hydrogen-bond donors (Lipinski definition) is 2. The lowest BCUT2D eigenvalue weighted by Gasteiger charge is -2.12. The average Bonchev–Trinajstić information content (AvgIpc) is 2.86. The van der Waals surface area contributed by atoms with E-state index in [-0.39, 0.29) is 5.70 Å². The minimum Gasteiger partial charge on any atom is -0.487 e. The number of carbonyl (C=O) groups excluding carboxylic acids is 2. The fourth-order valence-corrected chi connectivity index (χ4v) is 3.90. The Bertz CT molecular complexity index is 856. The molecule has 0 saturated carbocycles. The molecule has 25 heavy (non-hydrogen) atoms. The molecule has 0 bridgehead atoms. The highest BCUT2D eigenvalue weighted by Gasteiger charge is 2.23. The van der Waals surface area contributed by atoms with Crippen LogP contribution < -0.4 is 15.4 Å². The minimum absolute atomic E-state index is 0.201. The van der Waals surface area contributed by atoms with Crippen LogP contribution in [0.4, 0.5) is 4.79 Å². The van der Waals surface area contributed by atoms with Crippen LogP contribution in [0.1, 0.15) is 11.1 Å². The molecule has 3 rings (SSSR count). The van der Waals surface area contributed by atoms with Gasteiger partial charge in [0, 0.05) is 4.47 Å². The quantitative estimate of drug-likeness (QED) is 0.443. The topological polar surface area (TPSA) is 67.4 Å². The molecule has 2 N–H and O–H groups in total. The number of hydrogen-bond acceptors (Lipinski definition) is 3. The van der Waals surface area contributed by atoms with E-state index in [1.165, 1.54) is 0 Å². The largest absolute Gasteiger partial charge is 0.487 e. The molecule has 1 aliphatic heterocycles. The normalized spacial score (nSPS) is 15.2. The zero-order valence-electron chi connectivity index (χ0n) is 12.6. The van der Waals surface area contributed by atoms with E-state index in [1.807, 2.05) is 36.4 Å². The molecule has 1 saturated heterocycles. The zero-order chi connectivity index (χ0) is 18.0. The average molecular weight is 531 g/mol. The molecule has 0 spiro atoms. The van der Waals surface area contributed by atoms with Crippen LogP contribution in [0.25, 0.3) is 6.08 Å². The molecule has 0 radical (unpaired) electrons. The number of imide groups is 1. The third kappa shape index (κ3) is 4.50. The second kappa shape index (κ2) is 7.72. The summed E-state index contributed by atoms with van der Waals surface area (Å²) in [5, 5.41) is 4.61. The molecule has 3 amide bonds. The Balaban J connectivity index is 1.78. The summed E-state index contributed by atoms with van der Waals surface area (Å²) in [5.41, 5.74) is 1.98. The van der Waals surface area contributed by atoms with Crippen molar-refractivity contribution in [3.8, 4) is 5.75 Å². The summed E-state index contributed by atoms with van der Waals surface area (Å²) < 4.78 is 8.35. The van der Waals surface area contributed by atoms with Gasteiger partial charge < -0.3 is 10.1 Å². The molecule has 0 aromatic heterocycles.